The van der Waals surface area contributed by atoms with Crippen molar-refractivity contribution < 1.29 is 0 Å². The van der Waals surface area contributed by atoms with E-state index in [0.717, 1.165) is 11.1 Å². The van der Waals surface area contributed by atoms with Crippen LogP contribution in [0.15, 0.2) is 91.0 Å². The molecule has 147 valence electrons. The van der Waals surface area contributed by atoms with E-state index < -0.39 is 0 Å². The summed E-state index contributed by atoms with van der Waals surface area (Å²) in [6.45, 7) is 0. The lowest BCUT2D eigenvalue weighted by Gasteiger charge is -2.13. The topological polar surface area (TPSA) is 0 Å². The van der Waals surface area contributed by atoms with Gasteiger partial charge in [-0.1, -0.05) is 115 Å². The molecule has 1 heteroatoms. The molecule has 4 atom stereocenters. The summed E-state index contributed by atoms with van der Waals surface area (Å²) in [7, 11) is -0.382. The van der Waals surface area contributed by atoms with E-state index in [1.165, 1.54) is 35.6 Å². The van der Waals surface area contributed by atoms with E-state index in [-0.39, 0.29) is 8.80 Å². The van der Waals surface area contributed by atoms with Crippen LogP contribution in [-0.2, 0) is 6.04 Å². The van der Waals surface area contributed by atoms with Crippen molar-refractivity contribution in [2.75, 3.05) is 0 Å². The Balaban J connectivity index is 1.21. The molecule has 1 saturated heterocycles. The Labute approximate surface area is 181 Å². The lowest BCUT2D eigenvalue weighted by Crippen LogP contribution is -2.03. The Hall–Kier alpha value is -2.64. The van der Waals surface area contributed by atoms with E-state index >= 15 is 0 Å². The molecule has 3 aromatic carbocycles. The van der Waals surface area contributed by atoms with Crippen molar-refractivity contribution in [2.45, 2.75) is 41.8 Å². The predicted molar refractivity (Wildman–Crippen MR) is 129 cm³/mol. The Kier molecular flexibility index (Phi) is 4.57. The van der Waals surface area contributed by atoms with Crippen LogP contribution in [0, 0.1) is 0 Å². The number of fused-ring (bicyclic) bond motifs is 2. The van der Waals surface area contributed by atoms with Crippen LogP contribution < -0.4 is 0 Å². The van der Waals surface area contributed by atoms with E-state index in [4.69, 9.17) is 0 Å². The van der Waals surface area contributed by atoms with Crippen LogP contribution >= 0.6 is 0 Å². The van der Waals surface area contributed by atoms with E-state index in [0.29, 0.717) is 11.8 Å². The molecule has 0 N–H and O–H groups in total. The number of rotatable bonds is 6. The van der Waals surface area contributed by atoms with Gasteiger partial charge in [-0.15, -0.1) is 0 Å². The molecule has 1 aliphatic heterocycles. The van der Waals surface area contributed by atoms with Crippen LogP contribution in [-0.4, -0.2) is 8.80 Å². The maximum absolute atomic E-state index is 2.51. The maximum Gasteiger partial charge on any atom is 0.0600 e. The number of hydrogen-bond donors (Lipinski definition) is 0. The van der Waals surface area contributed by atoms with Gasteiger partial charge in [0.15, 0.2) is 0 Å². The van der Waals surface area contributed by atoms with Crippen LogP contribution in [0.2, 0.25) is 11.1 Å². The van der Waals surface area contributed by atoms with Crippen LogP contribution in [0.1, 0.15) is 52.5 Å². The minimum absolute atomic E-state index is 0.382. The SMILES string of the molecule is C1=CC(CCC2C(C3C=Cc4ccccc43)[Si]2Cc2ccccc2)c2ccccc21. The van der Waals surface area contributed by atoms with Gasteiger partial charge in [-0.25, -0.2) is 0 Å². The molecular weight excluding hydrogens is 376 g/mol. The third-order valence-corrected chi connectivity index (χ3v) is 11.0. The largest absolute Gasteiger partial charge is 0.0764 e. The van der Waals surface area contributed by atoms with Gasteiger partial charge in [0.05, 0.1) is 8.80 Å². The smallest absolute Gasteiger partial charge is 0.0600 e. The van der Waals surface area contributed by atoms with Gasteiger partial charge in [-0.05, 0) is 45.8 Å². The number of hydrogen-bond acceptors (Lipinski definition) is 0. The highest BCUT2D eigenvalue weighted by atomic mass is 28.3. The molecule has 3 aromatic rings. The lowest BCUT2D eigenvalue weighted by atomic mass is 9.91. The molecule has 1 fully saturated rings. The average Bonchev–Trinajstić information content (AvgIpc) is 3.14. The molecule has 0 nitrogen and oxygen atoms in total. The molecule has 0 spiro atoms. The zero-order valence-electron chi connectivity index (χ0n) is 17.2. The fourth-order valence-corrected chi connectivity index (χ4v) is 9.88. The maximum atomic E-state index is 2.51. The third kappa shape index (κ3) is 3.22. The lowest BCUT2D eigenvalue weighted by molar-refractivity contribution is 0.649. The van der Waals surface area contributed by atoms with E-state index in [9.17, 15) is 0 Å². The van der Waals surface area contributed by atoms with Gasteiger partial charge >= 0.3 is 0 Å². The molecule has 30 heavy (non-hydrogen) atoms. The third-order valence-electron chi connectivity index (χ3n) is 7.40. The van der Waals surface area contributed by atoms with Crippen molar-refractivity contribution in [3.05, 3.63) is 119 Å². The summed E-state index contributed by atoms with van der Waals surface area (Å²) < 4.78 is 0. The first-order chi connectivity index (χ1) is 14.9. The fourth-order valence-electron chi connectivity index (χ4n) is 5.85. The predicted octanol–water partition coefficient (Wildman–Crippen LogP) is 7.42. The molecular formula is C29H27Si. The molecule has 4 unspecified atom stereocenters. The fraction of sp³-hybridized carbons (Fsp3) is 0.241. The molecule has 3 aliphatic rings. The quantitative estimate of drug-likeness (QED) is 0.376. The minimum atomic E-state index is -0.382. The number of benzene rings is 3. The van der Waals surface area contributed by atoms with Crippen molar-refractivity contribution in [3.8, 4) is 0 Å². The average molecular weight is 404 g/mol. The Bertz CT molecular complexity index is 1110. The van der Waals surface area contributed by atoms with Crippen LogP contribution in [0.3, 0.4) is 0 Å². The molecule has 1 heterocycles. The first kappa shape index (κ1) is 18.2. The second-order valence-corrected chi connectivity index (χ2v) is 12.0. The molecule has 2 aliphatic carbocycles. The van der Waals surface area contributed by atoms with E-state index in [1.54, 1.807) is 11.1 Å². The van der Waals surface area contributed by atoms with Crippen molar-refractivity contribution in [1.29, 1.82) is 0 Å². The van der Waals surface area contributed by atoms with Gasteiger partial charge in [0, 0.05) is 11.8 Å². The second kappa shape index (κ2) is 7.56. The summed E-state index contributed by atoms with van der Waals surface area (Å²) >= 11 is 0. The summed E-state index contributed by atoms with van der Waals surface area (Å²) in [5, 5.41) is 0. The summed E-state index contributed by atoms with van der Waals surface area (Å²) in [5.74, 6) is 1.27. The number of allylic oxidation sites excluding steroid dienone is 2. The summed E-state index contributed by atoms with van der Waals surface area (Å²) in [4.78, 5) is 0. The van der Waals surface area contributed by atoms with Crippen LogP contribution in [0.4, 0.5) is 0 Å². The van der Waals surface area contributed by atoms with E-state index in [1.807, 2.05) is 0 Å². The van der Waals surface area contributed by atoms with Gasteiger partial charge in [0.1, 0.15) is 0 Å². The molecule has 0 amide bonds. The Morgan fingerprint density at radius 2 is 1.30 bits per heavy atom. The summed E-state index contributed by atoms with van der Waals surface area (Å²) in [6.07, 6.45) is 12.3. The van der Waals surface area contributed by atoms with Crippen molar-refractivity contribution in [1.82, 2.24) is 0 Å². The normalized spacial score (nSPS) is 26.0. The van der Waals surface area contributed by atoms with Crippen molar-refractivity contribution in [2.24, 2.45) is 0 Å². The van der Waals surface area contributed by atoms with Gasteiger partial charge < -0.3 is 0 Å². The zero-order valence-corrected chi connectivity index (χ0v) is 18.2. The van der Waals surface area contributed by atoms with Crippen LogP contribution in [0.25, 0.3) is 12.2 Å². The summed E-state index contributed by atoms with van der Waals surface area (Å²) in [5.41, 5.74) is 9.34. The van der Waals surface area contributed by atoms with Gasteiger partial charge in [0.2, 0.25) is 0 Å². The molecule has 0 bridgehead atoms. The zero-order chi connectivity index (χ0) is 19.9. The highest BCUT2D eigenvalue weighted by Gasteiger charge is 2.54. The van der Waals surface area contributed by atoms with Gasteiger partial charge in [0.25, 0.3) is 0 Å². The Morgan fingerprint density at radius 1 is 0.633 bits per heavy atom. The van der Waals surface area contributed by atoms with Gasteiger partial charge in [-0.3, -0.25) is 0 Å². The highest BCUT2D eigenvalue weighted by Crippen LogP contribution is 2.63. The summed E-state index contributed by atoms with van der Waals surface area (Å²) in [6, 6.07) is 30.5. The minimum Gasteiger partial charge on any atom is -0.0764 e. The van der Waals surface area contributed by atoms with Crippen molar-refractivity contribution >= 4 is 20.9 Å². The standard InChI is InChI=1S/C29H27Si/c1-2-8-21(9-3-1)20-30-28(19-17-24-15-14-22-10-4-6-12-25(22)24)29(30)27-18-16-23-11-5-7-13-26(23)27/h1-16,18,24,27-29H,17,19-20H2. The molecule has 6 rings (SSSR count). The van der Waals surface area contributed by atoms with Crippen molar-refractivity contribution in [3.63, 3.8) is 0 Å². The first-order valence-electron chi connectivity index (χ1n) is 11.3. The Morgan fingerprint density at radius 3 is 2.13 bits per heavy atom. The van der Waals surface area contributed by atoms with E-state index in [2.05, 4.69) is 103 Å². The molecule has 1 radical (unpaired) electrons. The van der Waals surface area contributed by atoms with Gasteiger partial charge in [-0.2, -0.15) is 0 Å². The monoisotopic (exact) mass is 403 g/mol. The van der Waals surface area contributed by atoms with Crippen LogP contribution in [0.5, 0.6) is 0 Å². The highest BCUT2D eigenvalue weighted by molar-refractivity contribution is 6.74. The first-order valence-corrected chi connectivity index (χ1v) is 13.2. The molecule has 0 aromatic heterocycles. The molecule has 0 saturated carbocycles. The second-order valence-electron chi connectivity index (χ2n) is 9.06.